The summed E-state index contributed by atoms with van der Waals surface area (Å²) in [4.78, 5) is 24.1. The number of aromatic amines is 1. The van der Waals surface area contributed by atoms with Crippen molar-refractivity contribution in [2.75, 3.05) is 36.4 Å². The number of carbonyl (C=O) groups is 1. The van der Waals surface area contributed by atoms with Crippen molar-refractivity contribution in [3.8, 4) is 0 Å². The van der Waals surface area contributed by atoms with Crippen LogP contribution < -0.4 is 10.2 Å². The first-order chi connectivity index (χ1) is 12.6. The average molecular weight is 386 g/mol. The summed E-state index contributed by atoms with van der Waals surface area (Å²) >= 11 is 0. The van der Waals surface area contributed by atoms with Gasteiger partial charge in [0.25, 0.3) is 0 Å². The Morgan fingerprint density at radius 1 is 1.11 bits per heavy atom. The number of hydrogen-bond donors (Lipinski definition) is 2. The van der Waals surface area contributed by atoms with E-state index in [1.807, 2.05) is 23.1 Å². The summed E-state index contributed by atoms with van der Waals surface area (Å²) in [5, 5.41) is 2.99. The van der Waals surface area contributed by atoms with Crippen molar-refractivity contribution in [1.82, 2.24) is 14.9 Å². The molecule has 2 heterocycles. The maximum Gasteiger partial charge on any atom is 0.321 e. The normalized spacial score (nSPS) is 14.1. The topological polar surface area (TPSA) is 64.3 Å². The number of halogens is 1. The Hall–Kier alpha value is -2.73. The van der Waals surface area contributed by atoms with Crippen molar-refractivity contribution in [1.29, 1.82) is 0 Å². The second-order valence-electron chi connectivity index (χ2n) is 6.76. The first-order valence-electron chi connectivity index (χ1n) is 8.92. The molecule has 1 aliphatic heterocycles. The van der Waals surface area contributed by atoms with Gasteiger partial charge in [0.05, 0.1) is 17.4 Å². The molecule has 2 aromatic carbocycles. The lowest BCUT2D eigenvalue weighted by Crippen LogP contribution is -2.50. The van der Waals surface area contributed by atoms with Crippen LogP contribution in [-0.2, 0) is 0 Å². The van der Waals surface area contributed by atoms with Crippen LogP contribution in [0.4, 0.5) is 16.2 Å². The smallest absolute Gasteiger partial charge is 0.321 e. The number of carbonyl (C=O) groups excluding carboxylic acids is 1. The summed E-state index contributed by atoms with van der Waals surface area (Å²) < 4.78 is 0. The second kappa shape index (κ2) is 7.88. The number of benzene rings is 2. The van der Waals surface area contributed by atoms with Gasteiger partial charge in [-0.2, -0.15) is 0 Å². The van der Waals surface area contributed by atoms with Crippen LogP contribution in [0.5, 0.6) is 0 Å². The molecular weight excluding hydrogens is 362 g/mol. The molecule has 3 aromatic rings. The molecule has 2 amide bonds. The van der Waals surface area contributed by atoms with Crippen molar-refractivity contribution >= 4 is 40.8 Å². The van der Waals surface area contributed by atoms with Gasteiger partial charge in [0.1, 0.15) is 0 Å². The SMILES string of the molecule is Cc1cccc(N2CCN(C(=O)Nc3ccc4nc[nH]c4c3)CC2)c1C.Cl. The Balaban J connectivity index is 0.00000210. The summed E-state index contributed by atoms with van der Waals surface area (Å²) in [5.74, 6) is 0. The molecular formula is C20H24ClN5O. The van der Waals surface area contributed by atoms with Crippen molar-refractivity contribution in [2.24, 2.45) is 0 Å². The summed E-state index contributed by atoms with van der Waals surface area (Å²) in [6.45, 7) is 7.42. The summed E-state index contributed by atoms with van der Waals surface area (Å²) in [6, 6.07) is 12.0. The first kappa shape index (κ1) is 19.0. The summed E-state index contributed by atoms with van der Waals surface area (Å²) in [6.07, 6.45) is 1.66. The van der Waals surface area contributed by atoms with Gasteiger partial charge in [-0.05, 0) is 49.2 Å². The van der Waals surface area contributed by atoms with Gasteiger partial charge in [0.15, 0.2) is 0 Å². The fourth-order valence-corrected chi connectivity index (χ4v) is 3.44. The van der Waals surface area contributed by atoms with Gasteiger partial charge in [0.2, 0.25) is 0 Å². The minimum atomic E-state index is -0.0514. The molecule has 1 saturated heterocycles. The monoisotopic (exact) mass is 385 g/mol. The number of H-pyrrole nitrogens is 1. The van der Waals surface area contributed by atoms with Gasteiger partial charge in [-0.25, -0.2) is 9.78 Å². The van der Waals surface area contributed by atoms with Gasteiger partial charge >= 0.3 is 6.03 Å². The van der Waals surface area contributed by atoms with E-state index in [0.29, 0.717) is 13.1 Å². The standard InChI is InChI=1S/C20H23N5O.ClH/c1-14-4-3-5-19(15(14)2)24-8-10-25(11-9-24)20(26)23-16-6-7-17-18(12-16)22-13-21-17;/h3-7,12-13H,8-11H2,1-2H3,(H,21,22)(H,23,26);1H. The predicted octanol–water partition coefficient (Wildman–Crippen LogP) is 3.96. The predicted molar refractivity (Wildman–Crippen MR) is 112 cm³/mol. The molecule has 0 spiro atoms. The van der Waals surface area contributed by atoms with Crippen LogP contribution in [0.2, 0.25) is 0 Å². The molecule has 0 aliphatic carbocycles. The Morgan fingerprint density at radius 3 is 2.67 bits per heavy atom. The van der Waals surface area contributed by atoms with Gasteiger partial charge < -0.3 is 20.1 Å². The summed E-state index contributed by atoms with van der Waals surface area (Å²) in [7, 11) is 0. The fourth-order valence-electron chi connectivity index (χ4n) is 3.44. The molecule has 2 N–H and O–H groups in total. The highest BCUT2D eigenvalue weighted by Crippen LogP contribution is 2.24. The minimum absolute atomic E-state index is 0. The molecule has 0 unspecified atom stereocenters. The molecule has 0 saturated carbocycles. The number of hydrogen-bond acceptors (Lipinski definition) is 3. The molecule has 142 valence electrons. The number of nitrogens with zero attached hydrogens (tertiary/aromatic N) is 3. The summed E-state index contributed by atoms with van der Waals surface area (Å²) in [5.41, 5.74) is 6.49. The van der Waals surface area contributed by atoms with Crippen molar-refractivity contribution in [3.05, 3.63) is 53.9 Å². The average Bonchev–Trinajstić information content (AvgIpc) is 3.12. The number of aromatic nitrogens is 2. The molecule has 4 rings (SSSR count). The second-order valence-corrected chi connectivity index (χ2v) is 6.76. The van der Waals surface area contributed by atoms with Crippen LogP contribution >= 0.6 is 12.4 Å². The van der Waals surface area contributed by atoms with E-state index in [0.717, 1.165) is 29.8 Å². The third-order valence-electron chi connectivity index (χ3n) is 5.16. The van der Waals surface area contributed by atoms with E-state index in [-0.39, 0.29) is 18.4 Å². The lowest BCUT2D eigenvalue weighted by atomic mass is 10.1. The molecule has 1 aromatic heterocycles. The Labute approximate surface area is 165 Å². The number of nitrogens with one attached hydrogen (secondary N) is 2. The van der Waals surface area contributed by atoms with Crippen LogP contribution in [-0.4, -0.2) is 47.1 Å². The zero-order valence-corrected chi connectivity index (χ0v) is 16.3. The zero-order chi connectivity index (χ0) is 18.1. The van der Waals surface area contributed by atoms with Crippen molar-refractivity contribution < 1.29 is 4.79 Å². The molecule has 6 nitrogen and oxygen atoms in total. The first-order valence-corrected chi connectivity index (χ1v) is 8.92. The number of amides is 2. The molecule has 1 aliphatic rings. The van der Waals surface area contributed by atoms with E-state index in [4.69, 9.17) is 0 Å². The van der Waals surface area contributed by atoms with E-state index in [9.17, 15) is 4.79 Å². The molecule has 7 heteroatoms. The maximum absolute atomic E-state index is 12.6. The Morgan fingerprint density at radius 2 is 1.89 bits per heavy atom. The number of fused-ring (bicyclic) bond motifs is 1. The van der Waals surface area contributed by atoms with Crippen molar-refractivity contribution in [3.63, 3.8) is 0 Å². The number of piperazine rings is 1. The van der Waals surface area contributed by atoms with Crippen LogP contribution in [0.3, 0.4) is 0 Å². The third-order valence-corrected chi connectivity index (χ3v) is 5.16. The molecule has 27 heavy (non-hydrogen) atoms. The van der Waals surface area contributed by atoms with Crippen LogP contribution in [0.1, 0.15) is 11.1 Å². The molecule has 0 radical (unpaired) electrons. The van der Waals surface area contributed by atoms with E-state index in [2.05, 4.69) is 52.2 Å². The van der Waals surface area contributed by atoms with Crippen LogP contribution in [0.25, 0.3) is 11.0 Å². The van der Waals surface area contributed by atoms with E-state index >= 15 is 0 Å². The highest BCUT2D eigenvalue weighted by Gasteiger charge is 2.22. The number of aryl methyl sites for hydroxylation is 1. The van der Waals surface area contributed by atoms with E-state index < -0.39 is 0 Å². The van der Waals surface area contributed by atoms with Crippen LogP contribution in [0.15, 0.2) is 42.7 Å². The van der Waals surface area contributed by atoms with Gasteiger partial charge in [-0.1, -0.05) is 12.1 Å². The van der Waals surface area contributed by atoms with Crippen LogP contribution in [0, 0.1) is 13.8 Å². The molecule has 0 atom stereocenters. The van der Waals surface area contributed by atoms with Gasteiger partial charge in [0, 0.05) is 37.6 Å². The minimum Gasteiger partial charge on any atom is -0.368 e. The molecule has 0 bridgehead atoms. The van der Waals surface area contributed by atoms with Crippen molar-refractivity contribution in [2.45, 2.75) is 13.8 Å². The lowest BCUT2D eigenvalue weighted by Gasteiger charge is -2.37. The van der Waals surface area contributed by atoms with E-state index in [1.54, 1.807) is 6.33 Å². The fraction of sp³-hybridized carbons (Fsp3) is 0.300. The number of anilines is 2. The quantitative estimate of drug-likeness (QED) is 0.701. The number of urea groups is 1. The maximum atomic E-state index is 12.6. The Kier molecular flexibility index (Phi) is 5.56. The Bertz CT molecular complexity index is 946. The zero-order valence-electron chi connectivity index (χ0n) is 15.5. The van der Waals surface area contributed by atoms with Gasteiger partial charge in [-0.15, -0.1) is 12.4 Å². The third kappa shape index (κ3) is 3.85. The largest absolute Gasteiger partial charge is 0.368 e. The highest BCUT2D eigenvalue weighted by atomic mass is 35.5. The number of rotatable bonds is 2. The molecule has 1 fully saturated rings. The van der Waals surface area contributed by atoms with E-state index in [1.165, 1.54) is 16.8 Å². The highest BCUT2D eigenvalue weighted by molar-refractivity contribution is 5.92. The number of imidazole rings is 1. The lowest BCUT2D eigenvalue weighted by molar-refractivity contribution is 0.208. The van der Waals surface area contributed by atoms with Gasteiger partial charge in [-0.3, -0.25) is 0 Å².